The lowest BCUT2D eigenvalue weighted by Crippen LogP contribution is -2.28. The molecule has 0 amide bonds. The second-order valence-electron chi connectivity index (χ2n) is 2.26. The van der Waals surface area contributed by atoms with E-state index in [2.05, 4.69) is 0 Å². The maximum absolute atomic E-state index is 4.85. The van der Waals surface area contributed by atoms with E-state index in [1.54, 1.807) is 0 Å². The van der Waals surface area contributed by atoms with E-state index in [1.807, 2.05) is 0 Å². The van der Waals surface area contributed by atoms with Crippen LogP contribution in [0, 0.1) is 5.92 Å². The molecule has 1 saturated heterocycles. The minimum Gasteiger partial charge on any atom is -0.236 e. The maximum Gasteiger partial charge on any atom is 0.0981 e. The van der Waals surface area contributed by atoms with Gasteiger partial charge in [0.2, 0.25) is 0 Å². The van der Waals surface area contributed by atoms with Gasteiger partial charge in [-0.3, -0.25) is 0 Å². The molecule has 40 valence electrons. The first-order valence-corrected chi connectivity index (χ1v) is 2.75. The Morgan fingerprint density at radius 3 is 2.57 bits per heavy atom. The Kier molecular flexibility index (Phi) is 0.664. The van der Waals surface area contributed by atoms with Gasteiger partial charge in [-0.25, -0.2) is 9.78 Å². The van der Waals surface area contributed by atoms with Gasteiger partial charge < -0.3 is 0 Å². The zero-order chi connectivity index (χ0) is 4.69. The Bertz CT molecular complexity index is 72.1. The molecule has 0 N–H and O–H groups in total. The summed E-state index contributed by atoms with van der Waals surface area (Å²) < 4.78 is 0. The normalized spacial score (nSPS) is 48.0. The molecular weight excluding hydrogens is 92.1 g/mol. The molecule has 2 unspecified atom stereocenters. The summed E-state index contributed by atoms with van der Waals surface area (Å²) in [4.78, 5) is 9.58. The van der Waals surface area contributed by atoms with E-state index in [1.165, 1.54) is 12.8 Å². The van der Waals surface area contributed by atoms with E-state index in [0.29, 0.717) is 6.10 Å². The predicted octanol–water partition coefficient (Wildman–Crippen LogP) is 0.727. The van der Waals surface area contributed by atoms with Crippen LogP contribution >= 0.6 is 0 Å². The summed E-state index contributed by atoms with van der Waals surface area (Å²) in [6, 6.07) is 0. The quantitative estimate of drug-likeness (QED) is 0.418. The zero-order valence-corrected chi connectivity index (χ0v) is 4.09. The van der Waals surface area contributed by atoms with Gasteiger partial charge in [0, 0.05) is 5.92 Å². The number of fused-ring (bicyclic) bond motifs is 1. The maximum atomic E-state index is 4.85. The van der Waals surface area contributed by atoms with E-state index < -0.39 is 0 Å². The molecule has 2 aliphatic rings. The summed E-state index contributed by atoms with van der Waals surface area (Å²) in [5.74, 6) is 0.750. The lowest BCUT2D eigenvalue weighted by Gasteiger charge is -2.24. The van der Waals surface area contributed by atoms with Crippen molar-refractivity contribution in [3.05, 3.63) is 0 Å². The number of hydrogen-bond acceptors (Lipinski definition) is 2. The highest BCUT2D eigenvalue weighted by molar-refractivity contribution is 4.82. The van der Waals surface area contributed by atoms with Crippen LogP contribution in [-0.4, -0.2) is 12.7 Å². The molecule has 1 heterocycles. The summed E-state index contributed by atoms with van der Waals surface area (Å²) in [5, 5.41) is 0. The molecule has 0 spiro atoms. The van der Waals surface area contributed by atoms with E-state index in [4.69, 9.17) is 9.78 Å². The van der Waals surface area contributed by atoms with E-state index >= 15 is 0 Å². The standard InChI is InChI=1S/C5H8O2/c1-2-5-4(1)3-6-7-5/h4-5H,1-3H2. The van der Waals surface area contributed by atoms with Crippen LogP contribution < -0.4 is 0 Å². The first kappa shape index (κ1) is 3.87. The van der Waals surface area contributed by atoms with Crippen LogP contribution in [0.25, 0.3) is 0 Å². The van der Waals surface area contributed by atoms with Gasteiger partial charge in [-0.2, -0.15) is 0 Å². The summed E-state index contributed by atoms with van der Waals surface area (Å²) in [6.07, 6.45) is 3.00. The minimum absolute atomic E-state index is 0.472. The van der Waals surface area contributed by atoms with Gasteiger partial charge in [0.25, 0.3) is 0 Å². The second kappa shape index (κ2) is 1.20. The fourth-order valence-corrected chi connectivity index (χ4v) is 1.07. The molecule has 1 aliphatic carbocycles. The summed E-state index contributed by atoms with van der Waals surface area (Å²) in [5.41, 5.74) is 0. The van der Waals surface area contributed by atoms with Crippen molar-refractivity contribution in [2.45, 2.75) is 18.9 Å². The van der Waals surface area contributed by atoms with Gasteiger partial charge in [-0.15, -0.1) is 0 Å². The summed E-state index contributed by atoms with van der Waals surface area (Å²) >= 11 is 0. The van der Waals surface area contributed by atoms with E-state index in [0.717, 1.165) is 12.5 Å². The number of rotatable bonds is 0. The third kappa shape index (κ3) is 0.409. The molecular formula is C5H8O2. The Morgan fingerprint density at radius 2 is 2.29 bits per heavy atom. The molecule has 7 heavy (non-hydrogen) atoms. The Morgan fingerprint density at radius 1 is 1.29 bits per heavy atom. The molecule has 1 aliphatic heterocycles. The molecule has 2 fully saturated rings. The lowest BCUT2D eigenvalue weighted by atomic mass is 9.83. The molecule has 1 saturated carbocycles. The average molecular weight is 100 g/mol. The molecule has 2 nitrogen and oxygen atoms in total. The van der Waals surface area contributed by atoms with E-state index in [9.17, 15) is 0 Å². The van der Waals surface area contributed by atoms with Gasteiger partial charge in [0.15, 0.2) is 0 Å². The third-order valence-corrected chi connectivity index (χ3v) is 1.82. The highest BCUT2D eigenvalue weighted by Gasteiger charge is 2.37. The van der Waals surface area contributed by atoms with Gasteiger partial charge >= 0.3 is 0 Å². The summed E-state index contributed by atoms with van der Waals surface area (Å²) in [7, 11) is 0. The first-order chi connectivity index (χ1) is 3.47. The van der Waals surface area contributed by atoms with Crippen LogP contribution in [0.4, 0.5) is 0 Å². The molecule has 2 heteroatoms. The van der Waals surface area contributed by atoms with Crippen molar-refractivity contribution in [1.29, 1.82) is 0 Å². The highest BCUT2D eigenvalue weighted by atomic mass is 17.2. The Labute approximate surface area is 42.3 Å². The highest BCUT2D eigenvalue weighted by Crippen LogP contribution is 2.35. The second-order valence-corrected chi connectivity index (χ2v) is 2.26. The first-order valence-electron chi connectivity index (χ1n) is 2.75. The predicted molar refractivity (Wildman–Crippen MR) is 23.5 cm³/mol. The minimum atomic E-state index is 0.472. The zero-order valence-electron chi connectivity index (χ0n) is 4.09. The van der Waals surface area contributed by atoms with Crippen LogP contribution in [0.1, 0.15) is 12.8 Å². The van der Waals surface area contributed by atoms with Gasteiger partial charge in [0.05, 0.1) is 12.7 Å². The Balaban J connectivity index is 2.03. The topological polar surface area (TPSA) is 18.5 Å². The van der Waals surface area contributed by atoms with Crippen molar-refractivity contribution in [1.82, 2.24) is 0 Å². The monoisotopic (exact) mass is 100 g/mol. The fraction of sp³-hybridized carbons (Fsp3) is 1.00. The molecule has 0 bridgehead atoms. The van der Waals surface area contributed by atoms with Crippen LogP contribution in [0.2, 0.25) is 0 Å². The average Bonchev–Trinajstić information content (AvgIpc) is 1.85. The van der Waals surface area contributed by atoms with Crippen molar-refractivity contribution < 1.29 is 9.78 Å². The van der Waals surface area contributed by atoms with E-state index in [-0.39, 0.29) is 0 Å². The smallest absolute Gasteiger partial charge is 0.0981 e. The lowest BCUT2D eigenvalue weighted by molar-refractivity contribution is -0.278. The van der Waals surface area contributed by atoms with Crippen molar-refractivity contribution in [2.24, 2.45) is 5.92 Å². The molecule has 0 aromatic rings. The third-order valence-electron chi connectivity index (χ3n) is 1.82. The largest absolute Gasteiger partial charge is 0.236 e. The SMILES string of the molecule is C1CC2OOCC12. The van der Waals surface area contributed by atoms with Crippen LogP contribution in [-0.2, 0) is 9.78 Å². The van der Waals surface area contributed by atoms with Crippen LogP contribution in [0.15, 0.2) is 0 Å². The molecule has 0 radical (unpaired) electrons. The van der Waals surface area contributed by atoms with Crippen molar-refractivity contribution in [2.75, 3.05) is 6.61 Å². The van der Waals surface area contributed by atoms with Crippen molar-refractivity contribution >= 4 is 0 Å². The van der Waals surface area contributed by atoms with Crippen molar-refractivity contribution in [3.63, 3.8) is 0 Å². The van der Waals surface area contributed by atoms with Gasteiger partial charge in [-0.05, 0) is 12.8 Å². The molecule has 2 rings (SSSR count). The molecule has 0 aromatic carbocycles. The van der Waals surface area contributed by atoms with Crippen LogP contribution in [0.3, 0.4) is 0 Å². The number of hydrogen-bond donors (Lipinski definition) is 0. The molecule has 2 atom stereocenters. The van der Waals surface area contributed by atoms with Crippen LogP contribution in [0.5, 0.6) is 0 Å². The van der Waals surface area contributed by atoms with Gasteiger partial charge in [0.1, 0.15) is 0 Å². The van der Waals surface area contributed by atoms with Gasteiger partial charge in [-0.1, -0.05) is 0 Å². The molecule has 0 aromatic heterocycles. The summed E-state index contributed by atoms with van der Waals surface area (Å²) in [6.45, 7) is 0.838. The van der Waals surface area contributed by atoms with Crippen molar-refractivity contribution in [3.8, 4) is 0 Å². The Hall–Kier alpha value is -0.0800. The fourth-order valence-electron chi connectivity index (χ4n) is 1.07.